The summed E-state index contributed by atoms with van der Waals surface area (Å²) in [5, 5.41) is 11.0. The highest BCUT2D eigenvalue weighted by atomic mass is 16.5. The Labute approximate surface area is 108 Å². The van der Waals surface area contributed by atoms with Crippen LogP contribution in [0.1, 0.15) is 32.3 Å². The van der Waals surface area contributed by atoms with Gasteiger partial charge in [0.25, 0.3) is 0 Å². The molecule has 0 atom stereocenters. The molecule has 1 rings (SSSR count). The zero-order valence-electron chi connectivity index (χ0n) is 11.0. The lowest BCUT2D eigenvalue weighted by Gasteiger charge is -2.16. The van der Waals surface area contributed by atoms with Gasteiger partial charge in [-0.1, -0.05) is 44.9 Å². The molecule has 0 fully saturated rings. The Morgan fingerprint density at radius 3 is 2.61 bits per heavy atom. The SMILES string of the molecule is CCC(CC)COc1ccccc1CNC(=O)O. The van der Waals surface area contributed by atoms with Crippen molar-refractivity contribution in [2.24, 2.45) is 5.92 Å². The van der Waals surface area contributed by atoms with Crippen LogP contribution < -0.4 is 10.1 Å². The number of nitrogens with one attached hydrogen (secondary N) is 1. The minimum absolute atomic E-state index is 0.272. The van der Waals surface area contributed by atoms with Crippen molar-refractivity contribution in [1.82, 2.24) is 5.32 Å². The Morgan fingerprint density at radius 1 is 1.33 bits per heavy atom. The first-order valence-electron chi connectivity index (χ1n) is 6.34. The van der Waals surface area contributed by atoms with Gasteiger partial charge in [0.05, 0.1) is 6.61 Å². The molecular formula is C14H21NO3. The van der Waals surface area contributed by atoms with E-state index in [-0.39, 0.29) is 6.54 Å². The molecular weight excluding hydrogens is 230 g/mol. The third-order valence-electron chi connectivity index (χ3n) is 3.03. The maximum absolute atomic E-state index is 10.5. The number of carbonyl (C=O) groups is 1. The van der Waals surface area contributed by atoms with Crippen LogP contribution in [-0.2, 0) is 6.54 Å². The molecule has 2 N–H and O–H groups in total. The zero-order valence-corrected chi connectivity index (χ0v) is 11.0. The van der Waals surface area contributed by atoms with E-state index in [1.165, 1.54) is 0 Å². The predicted molar refractivity (Wildman–Crippen MR) is 70.9 cm³/mol. The second kappa shape index (κ2) is 7.58. The highest BCUT2D eigenvalue weighted by Gasteiger charge is 2.08. The Balaban J connectivity index is 2.61. The molecule has 0 heterocycles. The zero-order chi connectivity index (χ0) is 13.4. The van der Waals surface area contributed by atoms with Crippen molar-refractivity contribution < 1.29 is 14.6 Å². The number of ether oxygens (including phenoxy) is 1. The smallest absolute Gasteiger partial charge is 0.404 e. The van der Waals surface area contributed by atoms with Crippen molar-refractivity contribution in [2.45, 2.75) is 33.2 Å². The Hall–Kier alpha value is -1.71. The molecule has 4 nitrogen and oxygen atoms in total. The minimum atomic E-state index is -1.02. The van der Waals surface area contributed by atoms with Crippen LogP contribution in [0.4, 0.5) is 4.79 Å². The summed E-state index contributed by atoms with van der Waals surface area (Å²) >= 11 is 0. The topological polar surface area (TPSA) is 58.6 Å². The molecule has 1 aromatic carbocycles. The fraction of sp³-hybridized carbons (Fsp3) is 0.500. The Morgan fingerprint density at radius 2 is 2.00 bits per heavy atom. The highest BCUT2D eigenvalue weighted by Crippen LogP contribution is 2.19. The fourth-order valence-electron chi connectivity index (χ4n) is 1.69. The quantitative estimate of drug-likeness (QED) is 0.782. The molecule has 1 amide bonds. The van der Waals surface area contributed by atoms with E-state index in [4.69, 9.17) is 9.84 Å². The Kier molecular flexibility index (Phi) is 6.05. The second-order valence-electron chi connectivity index (χ2n) is 4.26. The fourth-order valence-corrected chi connectivity index (χ4v) is 1.69. The maximum Gasteiger partial charge on any atom is 0.404 e. The van der Waals surface area contributed by atoms with Crippen molar-refractivity contribution in [1.29, 1.82) is 0 Å². The summed E-state index contributed by atoms with van der Waals surface area (Å²) in [7, 11) is 0. The highest BCUT2D eigenvalue weighted by molar-refractivity contribution is 5.64. The molecule has 100 valence electrons. The molecule has 0 saturated carbocycles. The van der Waals surface area contributed by atoms with Gasteiger partial charge >= 0.3 is 6.09 Å². The van der Waals surface area contributed by atoms with E-state index in [1.807, 2.05) is 24.3 Å². The van der Waals surface area contributed by atoms with E-state index >= 15 is 0 Å². The van der Waals surface area contributed by atoms with Gasteiger partial charge in [0.2, 0.25) is 0 Å². The molecule has 18 heavy (non-hydrogen) atoms. The molecule has 0 spiro atoms. The first-order chi connectivity index (χ1) is 8.67. The van der Waals surface area contributed by atoms with Crippen molar-refractivity contribution in [3.63, 3.8) is 0 Å². The third-order valence-corrected chi connectivity index (χ3v) is 3.03. The molecule has 1 aromatic rings. The van der Waals surface area contributed by atoms with E-state index < -0.39 is 6.09 Å². The molecule has 4 heteroatoms. The van der Waals surface area contributed by atoms with Gasteiger partial charge in [0.15, 0.2) is 0 Å². The van der Waals surface area contributed by atoms with Crippen LogP contribution in [0.15, 0.2) is 24.3 Å². The van der Waals surface area contributed by atoms with Gasteiger partial charge in [0.1, 0.15) is 5.75 Å². The number of hydrogen-bond donors (Lipinski definition) is 2. The van der Waals surface area contributed by atoms with E-state index in [1.54, 1.807) is 0 Å². The summed E-state index contributed by atoms with van der Waals surface area (Å²) in [6, 6.07) is 7.52. The van der Waals surface area contributed by atoms with Gasteiger partial charge in [-0.3, -0.25) is 0 Å². The van der Waals surface area contributed by atoms with Crippen molar-refractivity contribution >= 4 is 6.09 Å². The summed E-state index contributed by atoms with van der Waals surface area (Å²) in [5.41, 5.74) is 0.867. The van der Waals surface area contributed by atoms with Crippen molar-refractivity contribution in [2.75, 3.05) is 6.61 Å². The van der Waals surface area contributed by atoms with Crippen molar-refractivity contribution in [3.8, 4) is 5.75 Å². The van der Waals surface area contributed by atoms with Crippen LogP contribution in [0, 0.1) is 5.92 Å². The largest absolute Gasteiger partial charge is 0.493 e. The normalized spacial score (nSPS) is 10.4. The van der Waals surface area contributed by atoms with E-state index in [0.29, 0.717) is 12.5 Å². The number of amides is 1. The predicted octanol–water partition coefficient (Wildman–Crippen LogP) is 3.27. The van der Waals surface area contributed by atoms with Crippen molar-refractivity contribution in [3.05, 3.63) is 29.8 Å². The molecule has 0 aliphatic rings. The van der Waals surface area contributed by atoms with Crippen LogP contribution in [0.5, 0.6) is 5.75 Å². The van der Waals surface area contributed by atoms with Gasteiger partial charge in [-0.15, -0.1) is 0 Å². The van der Waals surface area contributed by atoms with Gasteiger partial charge in [-0.05, 0) is 12.0 Å². The summed E-state index contributed by atoms with van der Waals surface area (Å²) in [6.45, 7) is 5.25. The first-order valence-corrected chi connectivity index (χ1v) is 6.34. The van der Waals surface area contributed by atoms with Crippen LogP contribution in [0.2, 0.25) is 0 Å². The lowest BCUT2D eigenvalue weighted by molar-refractivity contribution is 0.193. The van der Waals surface area contributed by atoms with E-state index in [9.17, 15) is 4.79 Å². The minimum Gasteiger partial charge on any atom is -0.493 e. The van der Waals surface area contributed by atoms with Gasteiger partial charge in [-0.25, -0.2) is 4.79 Å². The van der Waals surface area contributed by atoms with Crippen LogP contribution in [-0.4, -0.2) is 17.8 Å². The average Bonchev–Trinajstić information content (AvgIpc) is 2.38. The number of carboxylic acid groups (broad SMARTS) is 1. The molecule has 0 bridgehead atoms. The molecule has 0 saturated heterocycles. The van der Waals surface area contributed by atoms with E-state index in [0.717, 1.165) is 24.2 Å². The number of rotatable bonds is 7. The van der Waals surface area contributed by atoms with E-state index in [2.05, 4.69) is 19.2 Å². The maximum atomic E-state index is 10.5. The second-order valence-corrected chi connectivity index (χ2v) is 4.26. The summed E-state index contributed by atoms with van der Waals surface area (Å²) in [6.07, 6.45) is 1.16. The molecule has 0 aliphatic heterocycles. The Bertz CT molecular complexity index is 375. The molecule has 0 unspecified atom stereocenters. The van der Waals surface area contributed by atoms with Crippen LogP contribution in [0.25, 0.3) is 0 Å². The summed E-state index contributed by atoms with van der Waals surface area (Å²) in [5.74, 6) is 1.31. The summed E-state index contributed by atoms with van der Waals surface area (Å²) < 4.78 is 5.78. The first kappa shape index (κ1) is 14.4. The van der Waals surface area contributed by atoms with Gasteiger partial charge < -0.3 is 15.2 Å². The molecule has 0 aromatic heterocycles. The average molecular weight is 251 g/mol. The number of para-hydroxylation sites is 1. The monoisotopic (exact) mass is 251 g/mol. The standard InChI is InChI=1S/C14H21NO3/c1-3-11(4-2)10-18-13-8-6-5-7-12(13)9-15-14(16)17/h5-8,11,15H,3-4,9-10H2,1-2H3,(H,16,17). The number of hydrogen-bond acceptors (Lipinski definition) is 2. The number of benzene rings is 1. The third kappa shape index (κ3) is 4.65. The van der Waals surface area contributed by atoms with Crippen LogP contribution >= 0.6 is 0 Å². The molecule has 0 radical (unpaired) electrons. The lowest BCUT2D eigenvalue weighted by atomic mass is 10.1. The molecule has 0 aliphatic carbocycles. The van der Waals surface area contributed by atoms with Crippen LogP contribution in [0.3, 0.4) is 0 Å². The van der Waals surface area contributed by atoms with Gasteiger partial charge in [-0.2, -0.15) is 0 Å². The lowest BCUT2D eigenvalue weighted by Crippen LogP contribution is -2.20. The van der Waals surface area contributed by atoms with Gasteiger partial charge in [0, 0.05) is 12.1 Å². The summed E-state index contributed by atoms with van der Waals surface area (Å²) in [4.78, 5) is 10.5.